The van der Waals surface area contributed by atoms with Crippen molar-refractivity contribution in [2.24, 2.45) is 0 Å². The van der Waals surface area contributed by atoms with Crippen molar-refractivity contribution in [3.05, 3.63) is 65.4 Å². The Kier molecular flexibility index (Phi) is 7.85. The molecule has 1 atom stereocenters. The summed E-state index contributed by atoms with van der Waals surface area (Å²) in [5.74, 6) is 0.657. The second kappa shape index (κ2) is 9.92. The number of para-hydroxylation sites is 1. The third kappa shape index (κ3) is 4.99. The Balaban J connectivity index is 0.00000300. The van der Waals surface area contributed by atoms with Gasteiger partial charge in [0.2, 0.25) is 5.78 Å². The first-order valence-electron chi connectivity index (χ1n) is 9.60. The van der Waals surface area contributed by atoms with E-state index in [1.165, 1.54) is 0 Å². The van der Waals surface area contributed by atoms with Crippen LogP contribution < -0.4 is 10.1 Å². The Hall–Kier alpha value is -2.34. The van der Waals surface area contributed by atoms with Gasteiger partial charge in [-0.05, 0) is 42.8 Å². The summed E-state index contributed by atoms with van der Waals surface area (Å²) in [6, 6.07) is 15.4. The third-order valence-electron chi connectivity index (χ3n) is 4.95. The van der Waals surface area contributed by atoms with Gasteiger partial charge in [0.1, 0.15) is 5.75 Å². The van der Waals surface area contributed by atoms with Crippen LogP contribution in [0.4, 0.5) is 0 Å². The first kappa shape index (κ1) is 22.9. The van der Waals surface area contributed by atoms with Crippen molar-refractivity contribution >= 4 is 29.1 Å². The van der Waals surface area contributed by atoms with E-state index in [-0.39, 0.29) is 24.2 Å². The van der Waals surface area contributed by atoms with Crippen LogP contribution in [0.3, 0.4) is 0 Å². The van der Waals surface area contributed by atoms with Crippen molar-refractivity contribution in [2.45, 2.75) is 39.5 Å². The van der Waals surface area contributed by atoms with Crippen LogP contribution >= 0.6 is 12.4 Å². The summed E-state index contributed by atoms with van der Waals surface area (Å²) in [5.41, 5.74) is 3.11. The van der Waals surface area contributed by atoms with Gasteiger partial charge in [0.25, 0.3) is 0 Å². The highest BCUT2D eigenvalue weighted by Crippen LogP contribution is 2.28. The van der Waals surface area contributed by atoms with Gasteiger partial charge in [-0.2, -0.15) is 0 Å². The van der Waals surface area contributed by atoms with E-state index in [4.69, 9.17) is 4.74 Å². The Morgan fingerprint density at radius 3 is 2.41 bits per heavy atom. The van der Waals surface area contributed by atoms with Crippen LogP contribution in [0.15, 0.2) is 48.5 Å². The van der Waals surface area contributed by atoms with Gasteiger partial charge in [0, 0.05) is 29.1 Å². The first-order valence-corrected chi connectivity index (χ1v) is 9.60. The first-order chi connectivity index (χ1) is 13.4. The summed E-state index contributed by atoms with van der Waals surface area (Å²) in [5, 5.41) is 14.8. The molecule has 0 amide bonds. The highest BCUT2D eigenvalue weighted by atomic mass is 35.5. The number of carbonyl (C=O) groups excluding carboxylic acids is 1. The number of hydrogen-bond donors (Lipinski definition) is 2. The number of aliphatic hydroxyl groups excluding tert-OH is 1. The Morgan fingerprint density at radius 1 is 1.14 bits per heavy atom. The lowest BCUT2D eigenvalue weighted by Crippen LogP contribution is -2.34. The van der Waals surface area contributed by atoms with E-state index in [2.05, 4.69) is 5.32 Å². The van der Waals surface area contributed by atoms with Crippen LogP contribution in [0.1, 0.15) is 35.5 Å². The van der Waals surface area contributed by atoms with E-state index < -0.39 is 6.10 Å². The maximum atomic E-state index is 13.3. The number of nitrogens with zero attached hydrogens (tertiary/aromatic N) is 1. The monoisotopic (exact) mass is 416 g/mol. The van der Waals surface area contributed by atoms with Gasteiger partial charge in [-0.15, -0.1) is 12.4 Å². The van der Waals surface area contributed by atoms with E-state index in [0.717, 1.165) is 16.5 Å². The number of ketones is 1. The molecule has 2 aromatic carbocycles. The molecule has 6 heteroatoms. The molecule has 0 fully saturated rings. The minimum atomic E-state index is -0.597. The number of ether oxygens (including phenoxy) is 1. The maximum Gasteiger partial charge on any atom is 0.209 e. The zero-order chi connectivity index (χ0) is 20.3. The zero-order valence-electron chi connectivity index (χ0n) is 17.3. The lowest BCUT2D eigenvalue weighted by molar-refractivity contribution is 0.102. The van der Waals surface area contributed by atoms with Crippen LogP contribution in [-0.4, -0.2) is 41.3 Å². The summed E-state index contributed by atoms with van der Waals surface area (Å²) in [4.78, 5) is 13.3. The Morgan fingerprint density at radius 2 is 1.79 bits per heavy atom. The molecule has 156 valence electrons. The van der Waals surface area contributed by atoms with Gasteiger partial charge in [0.15, 0.2) is 0 Å². The molecule has 3 aromatic rings. The number of methoxy groups -OCH3 is 1. The van der Waals surface area contributed by atoms with Crippen molar-refractivity contribution in [1.82, 2.24) is 9.88 Å². The molecule has 0 aliphatic heterocycles. The average molecular weight is 417 g/mol. The molecule has 0 saturated carbocycles. The van der Waals surface area contributed by atoms with E-state index in [1.54, 1.807) is 31.4 Å². The lowest BCUT2D eigenvalue weighted by Gasteiger charge is -2.18. The highest BCUT2D eigenvalue weighted by molar-refractivity contribution is 6.12. The van der Waals surface area contributed by atoms with Crippen LogP contribution in [0.5, 0.6) is 5.75 Å². The number of aromatic nitrogens is 1. The van der Waals surface area contributed by atoms with Crippen LogP contribution in [-0.2, 0) is 6.54 Å². The molecule has 1 unspecified atom stereocenters. The number of carbonyl (C=O) groups is 1. The van der Waals surface area contributed by atoms with Crippen molar-refractivity contribution in [3.63, 3.8) is 0 Å². The van der Waals surface area contributed by atoms with Crippen molar-refractivity contribution < 1.29 is 14.6 Å². The number of hydrogen-bond acceptors (Lipinski definition) is 4. The molecular weight excluding hydrogens is 388 g/mol. The molecule has 0 spiro atoms. The third-order valence-corrected chi connectivity index (χ3v) is 4.95. The van der Waals surface area contributed by atoms with E-state index >= 15 is 0 Å². The quantitative estimate of drug-likeness (QED) is 0.545. The molecule has 0 radical (unpaired) electrons. The molecular formula is C23H29ClN2O3. The molecule has 1 heterocycles. The van der Waals surface area contributed by atoms with Gasteiger partial charge in [-0.25, -0.2) is 0 Å². The normalized spacial score (nSPS) is 12.1. The fraction of sp³-hybridized carbons (Fsp3) is 0.348. The molecule has 3 rings (SSSR count). The Bertz CT molecular complexity index is 964. The van der Waals surface area contributed by atoms with Gasteiger partial charge in [-0.1, -0.05) is 32.0 Å². The predicted octanol–water partition coefficient (Wildman–Crippen LogP) is 3.97. The second-order valence-electron chi connectivity index (χ2n) is 7.38. The molecule has 29 heavy (non-hydrogen) atoms. The SMILES string of the molecule is COc1ccc(C(=O)c2c(C)c3ccccc3n2CC(O)CNC(C)C)cc1.Cl. The zero-order valence-corrected chi connectivity index (χ0v) is 18.1. The van der Waals surface area contributed by atoms with E-state index in [0.29, 0.717) is 30.1 Å². The van der Waals surface area contributed by atoms with Gasteiger partial charge in [-0.3, -0.25) is 4.79 Å². The van der Waals surface area contributed by atoms with E-state index in [9.17, 15) is 9.90 Å². The molecule has 5 nitrogen and oxygen atoms in total. The highest BCUT2D eigenvalue weighted by Gasteiger charge is 2.23. The van der Waals surface area contributed by atoms with Crippen LogP contribution in [0.2, 0.25) is 0 Å². The van der Waals surface area contributed by atoms with Gasteiger partial charge < -0.3 is 19.7 Å². The summed E-state index contributed by atoms with van der Waals surface area (Å²) in [6.45, 7) is 6.88. The van der Waals surface area contributed by atoms with Crippen molar-refractivity contribution in [1.29, 1.82) is 0 Å². The summed E-state index contributed by atoms with van der Waals surface area (Å²) in [6.07, 6.45) is -0.597. The van der Waals surface area contributed by atoms with E-state index in [1.807, 2.05) is 49.6 Å². The van der Waals surface area contributed by atoms with Crippen molar-refractivity contribution in [3.8, 4) is 5.75 Å². The summed E-state index contributed by atoms with van der Waals surface area (Å²) < 4.78 is 7.14. The Labute approximate surface area is 178 Å². The van der Waals surface area contributed by atoms with Crippen LogP contribution in [0, 0.1) is 6.92 Å². The smallest absolute Gasteiger partial charge is 0.209 e. The number of aliphatic hydroxyl groups is 1. The number of aryl methyl sites for hydroxylation is 1. The van der Waals surface area contributed by atoms with Gasteiger partial charge >= 0.3 is 0 Å². The topological polar surface area (TPSA) is 63.5 Å². The summed E-state index contributed by atoms with van der Waals surface area (Å²) >= 11 is 0. The van der Waals surface area contributed by atoms with Crippen LogP contribution in [0.25, 0.3) is 10.9 Å². The maximum absolute atomic E-state index is 13.3. The second-order valence-corrected chi connectivity index (χ2v) is 7.38. The fourth-order valence-electron chi connectivity index (χ4n) is 3.49. The minimum absolute atomic E-state index is 0. The van der Waals surface area contributed by atoms with Crippen molar-refractivity contribution in [2.75, 3.05) is 13.7 Å². The fourth-order valence-corrected chi connectivity index (χ4v) is 3.49. The molecule has 0 aliphatic carbocycles. The minimum Gasteiger partial charge on any atom is -0.497 e. The molecule has 2 N–H and O–H groups in total. The number of nitrogens with one attached hydrogen (secondary N) is 1. The molecule has 0 saturated heterocycles. The molecule has 0 bridgehead atoms. The average Bonchev–Trinajstić information content (AvgIpc) is 2.98. The number of rotatable bonds is 8. The standard InChI is InChI=1S/C23H28N2O3.ClH/c1-15(2)24-13-18(26)14-25-21-8-6-5-7-20(21)16(3)22(25)23(27)17-9-11-19(28-4)12-10-17;/h5-12,15,18,24,26H,13-14H2,1-4H3;1H. The largest absolute Gasteiger partial charge is 0.497 e. The van der Waals surface area contributed by atoms with Gasteiger partial charge in [0.05, 0.1) is 25.5 Å². The number of fused-ring (bicyclic) bond motifs is 1. The molecule has 0 aliphatic rings. The predicted molar refractivity (Wildman–Crippen MR) is 119 cm³/mol. The number of benzene rings is 2. The number of halogens is 1. The summed E-state index contributed by atoms with van der Waals surface area (Å²) in [7, 11) is 1.60. The molecule has 1 aromatic heterocycles. The lowest BCUT2D eigenvalue weighted by atomic mass is 10.0.